The molecule has 0 amide bonds. The number of rotatable bonds is 8. The normalized spacial score (nSPS) is 12.9. The third kappa shape index (κ3) is 5.37. The summed E-state index contributed by atoms with van der Waals surface area (Å²) in [5.41, 5.74) is 1.52. The molecule has 1 aromatic heterocycles. The van der Waals surface area contributed by atoms with Crippen LogP contribution in [-0.4, -0.2) is 35.6 Å². The van der Waals surface area contributed by atoms with Crippen molar-refractivity contribution >= 4 is 23.8 Å². The van der Waals surface area contributed by atoms with Gasteiger partial charge < -0.3 is 19.7 Å². The van der Waals surface area contributed by atoms with Crippen LogP contribution >= 0.6 is 11.6 Å². The van der Waals surface area contributed by atoms with Crippen LogP contribution in [0.5, 0.6) is 5.75 Å². The van der Waals surface area contributed by atoms with Gasteiger partial charge in [-0.2, -0.15) is 0 Å². The van der Waals surface area contributed by atoms with Crippen LogP contribution in [0.3, 0.4) is 0 Å². The number of benzene rings is 1. The van der Waals surface area contributed by atoms with Crippen molar-refractivity contribution in [1.82, 2.24) is 10.5 Å². The van der Waals surface area contributed by atoms with Gasteiger partial charge in [-0.1, -0.05) is 48.8 Å². The molecule has 1 atom stereocenters. The van der Waals surface area contributed by atoms with Crippen molar-refractivity contribution in [1.29, 1.82) is 0 Å². The molecule has 0 aliphatic rings. The van der Waals surface area contributed by atoms with Gasteiger partial charge in [-0.05, 0) is 25.1 Å². The molecule has 2 N–H and O–H groups in total. The van der Waals surface area contributed by atoms with E-state index < -0.39 is 6.10 Å². The Bertz CT molecular complexity index is 683. The number of halogens is 1. The number of para-hydroxylation sites is 1. The Morgan fingerprint density at radius 1 is 1.33 bits per heavy atom. The molecule has 1 aromatic carbocycles. The molecular weight excluding hydrogens is 328 g/mol. The maximum absolute atomic E-state index is 9.95. The lowest BCUT2D eigenvalue weighted by Crippen LogP contribution is -2.35. The summed E-state index contributed by atoms with van der Waals surface area (Å²) in [5.74, 6) is 1.19. The summed E-state index contributed by atoms with van der Waals surface area (Å²) < 4.78 is 10.9. The molecule has 1 heterocycles. The van der Waals surface area contributed by atoms with E-state index in [4.69, 9.17) is 20.9 Å². The molecule has 5 nitrogen and oxygen atoms in total. The molecular formula is C18H23ClN2O3. The minimum absolute atomic E-state index is 0.215. The SMILES string of the molecule is Cc1noc(C=Cc2ccccc2OCC(O)CNC(C)C)c1Cl. The van der Waals surface area contributed by atoms with Gasteiger partial charge in [0.25, 0.3) is 0 Å². The molecule has 2 aromatic rings. The standard InChI is InChI=1S/C18H23ClN2O3/c1-12(2)20-10-15(22)11-23-16-7-5-4-6-14(16)8-9-17-18(19)13(3)21-24-17/h4-9,12,15,20,22H,10-11H2,1-3H3. The largest absolute Gasteiger partial charge is 0.490 e. The number of aromatic nitrogens is 1. The highest BCUT2D eigenvalue weighted by molar-refractivity contribution is 6.32. The lowest BCUT2D eigenvalue weighted by atomic mass is 10.1. The van der Waals surface area contributed by atoms with Crippen molar-refractivity contribution in [2.45, 2.75) is 32.9 Å². The van der Waals surface area contributed by atoms with Crippen LogP contribution in [0.4, 0.5) is 0 Å². The third-order valence-electron chi connectivity index (χ3n) is 3.34. The number of aliphatic hydroxyl groups excluding tert-OH is 1. The van der Waals surface area contributed by atoms with E-state index >= 15 is 0 Å². The monoisotopic (exact) mass is 350 g/mol. The van der Waals surface area contributed by atoms with Gasteiger partial charge in [-0.25, -0.2) is 0 Å². The molecule has 0 aliphatic carbocycles. The first-order chi connectivity index (χ1) is 11.5. The van der Waals surface area contributed by atoms with Crippen LogP contribution in [-0.2, 0) is 0 Å². The Morgan fingerprint density at radius 2 is 2.08 bits per heavy atom. The molecule has 130 valence electrons. The molecule has 2 rings (SSSR count). The van der Waals surface area contributed by atoms with E-state index in [-0.39, 0.29) is 6.61 Å². The summed E-state index contributed by atoms with van der Waals surface area (Å²) >= 11 is 6.10. The number of hydrogen-bond acceptors (Lipinski definition) is 5. The second-order valence-corrected chi connectivity index (χ2v) is 6.22. The van der Waals surface area contributed by atoms with Gasteiger partial charge in [-0.15, -0.1) is 0 Å². The fraction of sp³-hybridized carbons (Fsp3) is 0.389. The first-order valence-electron chi connectivity index (χ1n) is 7.90. The van der Waals surface area contributed by atoms with Gasteiger partial charge in [0.15, 0.2) is 5.76 Å². The fourth-order valence-electron chi connectivity index (χ4n) is 2.01. The highest BCUT2D eigenvalue weighted by atomic mass is 35.5. The van der Waals surface area contributed by atoms with Gasteiger partial charge in [0, 0.05) is 18.2 Å². The van der Waals surface area contributed by atoms with E-state index in [2.05, 4.69) is 10.5 Å². The van der Waals surface area contributed by atoms with E-state index in [9.17, 15) is 5.11 Å². The molecule has 0 spiro atoms. The predicted molar refractivity (Wildman–Crippen MR) is 96.3 cm³/mol. The number of aliphatic hydroxyl groups is 1. The Balaban J connectivity index is 2.01. The van der Waals surface area contributed by atoms with Crippen LogP contribution in [0.2, 0.25) is 5.02 Å². The average Bonchev–Trinajstić information content (AvgIpc) is 2.88. The minimum atomic E-state index is -0.573. The van der Waals surface area contributed by atoms with Crippen LogP contribution in [0.1, 0.15) is 30.9 Å². The minimum Gasteiger partial charge on any atom is -0.490 e. The lowest BCUT2D eigenvalue weighted by Gasteiger charge is -2.16. The Kier molecular flexibility index (Phi) is 6.85. The second kappa shape index (κ2) is 8.87. The smallest absolute Gasteiger partial charge is 0.178 e. The van der Waals surface area contributed by atoms with Crippen LogP contribution in [0.15, 0.2) is 28.8 Å². The average molecular weight is 351 g/mol. The Hall–Kier alpha value is -1.82. The molecule has 0 aliphatic heterocycles. The van der Waals surface area contributed by atoms with Crippen molar-refractivity contribution in [3.63, 3.8) is 0 Å². The molecule has 0 bridgehead atoms. The van der Waals surface area contributed by atoms with Crippen molar-refractivity contribution in [2.24, 2.45) is 0 Å². The summed E-state index contributed by atoms with van der Waals surface area (Å²) in [5, 5.41) is 17.4. The maximum atomic E-state index is 9.95. The van der Waals surface area contributed by atoms with E-state index in [0.717, 1.165) is 5.56 Å². The zero-order valence-corrected chi connectivity index (χ0v) is 14.9. The van der Waals surface area contributed by atoms with Gasteiger partial charge in [0.2, 0.25) is 0 Å². The fourth-order valence-corrected chi connectivity index (χ4v) is 2.14. The molecule has 0 radical (unpaired) electrons. The molecule has 0 saturated heterocycles. The van der Waals surface area contributed by atoms with Crippen molar-refractivity contribution in [3.05, 3.63) is 46.3 Å². The highest BCUT2D eigenvalue weighted by Gasteiger charge is 2.09. The van der Waals surface area contributed by atoms with E-state index in [1.165, 1.54) is 0 Å². The summed E-state index contributed by atoms with van der Waals surface area (Å²) in [6, 6.07) is 7.90. The number of nitrogens with zero attached hydrogens (tertiary/aromatic N) is 1. The molecule has 1 unspecified atom stereocenters. The van der Waals surface area contributed by atoms with Gasteiger partial charge in [0.1, 0.15) is 23.5 Å². The quantitative estimate of drug-likeness (QED) is 0.762. The molecule has 6 heteroatoms. The van der Waals surface area contributed by atoms with E-state index in [1.807, 2.05) is 44.2 Å². The predicted octanol–water partition coefficient (Wildman–Crippen LogP) is 3.54. The van der Waals surface area contributed by atoms with Crippen molar-refractivity contribution in [2.75, 3.05) is 13.2 Å². The van der Waals surface area contributed by atoms with Crippen LogP contribution in [0, 0.1) is 6.92 Å². The zero-order chi connectivity index (χ0) is 17.5. The van der Waals surface area contributed by atoms with Gasteiger partial charge in [-0.3, -0.25) is 0 Å². The Labute approximate surface area is 147 Å². The number of nitrogens with one attached hydrogen (secondary N) is 1. The molecule has 24 heavy (non-hydrogen) atoms. The topological polar surface area (TPSA) is 67.5 Å². The first-order valence-corrected chi connectivity index (χ1v) is 8.28. The summed E-state index contributed by atoms with van der Waals surface area (Å²) in [6.45, 7) is 6.55. The third-order valence-corrected chi connectivity index (χ3v) is 3.80. The zero-order valence-electron chi connectivity index (χ0n) is 14.1. The summed E-state index contributed by atoms with van der Waals surface area (Å²) in [7, 11) is 0. The van der Waals surface area contributed by atoms with Crippen LogP contribution in [0.25, 0.3) is 12.2 Å². The number of aryl methyl sites for hydroxylation is 1. The first kappa shape index (κ1) is 18.5. The number of hydrogen-bond donors (Lipinski definition) is 2. The molecule has 0 fully saturated rings. The summed E-state index contributed by atoms with van der Waals surface area (Å²) in [4.78, 5) is 0. The van der Waals surface area contributed by atoms with Crippen LogP contribution < -0.4 is 10.1 Å². The van der Waals surface area contributed by atoms with Gasteiger partial charge >= 0.3 is 0 Å². The van der Waals surface area contributed by atoms with Crippen molar-refractivity contribution in [3.8, 4) is 5.75 Å². The maximum Gasteiger partial charge on any atom is 0.178 e. The highest BCUT2D eigenvalue weighted by Crippen LogP contribution is 2.24. The van der Waals surface area contributed by atoms with Crippen molar-refractivity contribution < 1.29 is 14.4 Å². The van der Waals surface area contributed by atoms with Gasteiger partial charge in [0.05, 0.1) is 5.69 Å². The van der Waals surface area contributed by atoms with E-state index in [1.54, 1.807) is 13.0 Å². The lowest BCUT2D eigenvalue weighted by molar-refractivity contribution is 0.104. The molecule has 0 saturated carbocycles. The second-order valence-electron chi connectivity index (χ2n) is 5.85. The van der Waals surface area contributed by atoms with E-state index in [0.29, 0.717) is 34.8 Å². The summed E-state index contributed by atoms with van der Waals surface area (Å²) in [6.07, 6.45) is 3.03. The number of ether oxygens (including phenoxy) is 1. The Morgan fingerprint density at radius 3 is 2.75 bits per heavy atom.